The minimum atomic E-state index is -2.89. The SMILES string of the molecule is CN=C(NCCNC(=O)OC(C)(C)C)NCc1cc(C)ccc1OC(F)F.I. The van der Waals surface area contributed by atoms with Gasteiger partial charge >= 0.3 is 12.7 Å². The van der Waals surface area contributed by atoms with Crippen molar-refractivity contribution in [3.63, 3.8) is 0 Å². The number of carbonyl (C=O) groups excluding carboxylic acids is 1. The Kier molecular flexibility index (Phi) is 11.7. The second-order valence-corrected chi connectivity index (χ2v) is 6.77. The largest absolute Gasteiger partial charge is 0.444 e. The molecule has 0 radical (unpaired) electrons. The quantitative estimate of drug-likeness (QED) is 0.225. The van der Waals surface area contributed by atoms with Crippen LogP contribution in [0.1, 0.15) is 31.9 Å². The molecule has 0 unspecified atom stereocenters. The van der Waals surface area contributed by atoms with Gasteiger partial charge in [-0.25, -0.2) is 4.79 Å². The molecule has 0 aliphatic heterocycles. The Labute approximate surface area is 181 Å². The van der Waals surface area contributed by atoms with Gasteiger partial charge in [0.15, 0.2) is 5.96 Å². The van der Waals surface area contributed by atoms with Gasteiger partial charge in [-0.3, -0.25) is 4.99 Å². The zero-order valence-corrected chi connectivity index (χ0v) is 19.1. The molecule has 0 spiro atoms. The number of halogens is 3. The highest BCUT2D eigenvalue weighted by atomic mass is 127. The first-order chi connectivity index (χ1) is 12.6. The Bertz CT molecular complexity index is 652. The standard InChI is InChI=1S/C18H28F2N4O3.HI/c1-12-6-7-14(26-15(19)20)13(10-12)11-24-16(21-5)22-8-9-23-17(25)27-18(2,3)4;/h6-7,10,15H,8-9,11H2,1-5H3,(H,23,25)(H2,21,22,24);1H. The molecular formula is C18H29F2IN4O3. The van der Waals surface area contributed by atoms with Crippen LogP contribution in [0.15, 0.2) is 23.2 Å². The third kappa shape index (κ3) is 11.1. The Balaban J connectivity index is 0.00000729. The molecular weight excluding hydrogens is 485 g/mol. The Morgan fingerprint density at radius 1 is 1.18 bits per heavy atom. The fraction of sp³-hybridized carbons (Fsp3) is 0.556. The van der Waals surface area contributed by atoms with Crippen molar-refractivity contribution in [1.29, 1.82) is 0 Å². The number of hydrogen-bond donors (Lipinski definition) is 3. The van der Waals surface area contributed by atoms with Gasteiger partial charge in [-0.1, -0.05) is 17.7 Å². The smallest absolute Gasteiger partial charge is 0.407 e. The number of nitrogens with one attached hydrogen (secondary N) is 3. The van der Waals surface area contributed by atoms with E-state index in [9.17, 15) is 13.6 Å². The molecule has 1 aromatic rings. The fourth-order valence-electron chi connectivity index (χ4n) is 2.12. The molecule has 1 aromatic carbocycles. The van der Waals surface area contributed by atoms with Crippen LogP contribution >= 0.6 is 24.0 Å². The minimum Gasteiger partial charge on any atom is -0.444 e. The lowest BCUT2D eigenvalue weighted by Crippen LogP contribution is -2.42. The van der Waals surface area contributed by atoms with E-state index in [4.69, 9.17) is 4.74 Å². The number of amides is 1. The van der Waals surface area contributed by atoms with Gasteiger partial charge in [-0.15, -0.1) is 24.0 Å². The van der Waals surface area contributed by atoms with Crippen LogP contribution in [-0.4, -0.2) is 44.4 Å². The number of guanidine groups is 1. The number of alkyl carbamates (subject to hydrolysis) is 1. The Morgan fingerprint density at radius 2 is 1.82 bits per heavy atom. The summed E-state index contributed by atoms with van der Waals surface area (Å²) in [6.45, 7) is 5.33. The first kappa shape index (κ1) is 26.1. The van der Waals surface area contributed by atoms with Crippen molar-refractivity contribution in [1.82, 2.24) is 16.0 Å². The maximum absolute atomic E-state index is 12.5. The van der Waals surface area contributed by atoms with Crippen LogP contribution in [0.5, 0.6) is 5.75 Å². The number of aryl methyl sites for hydroxylation is 1. The first-order valence-corrected chi connectivity index (χ1v) is 8.56. The van der Waals surface area contributed by atoms with Crippen LogP contribution in [-0.2, 0) is 11.3 Å². The molecule has 1 rings (SSSR count). The van der Waals surface area contributed by atoms with Gasteiger partial charge in [0.25, 0.3) is 0 Å². The average molecular weight is 514 g/mol. The summed E-state index contributed by atoms with van der Waals surface area (Å²) in [5, 5.41) is 8.66. The lowest BCUT2D eigenvalue weighted by molar-refractivity contribution is -0.0504. The number of aliphatic imine (C=N–C) groups is 1. The summed E-state index contributed by atoms with van der Waals surface area (Å²) in [6, 6.07) is 4.98. The van der Waals surface area contributed by atoms with E-state index in [0.29, 0.717) is 24.6 Å². The maximum atomic E-state index is 12.5. The van der Waals surface area contributed by atoms with Crippen molar-refractivity contribution in [3.8, 4) is 5.75 Å². The van der Waals surface area contributed by atoms with Gasteiger partial charge < -0.3 is 25.4 Å². The molecule has 0 aliphatic carbocycles. The summed E-state index contributed by atoms with van der Waals surface area (Å²) >= 11 is 0. The summed E-state index contributed by atoms with van der Waals surface area (Å²) in [7, 11) is 1.59. The van der Waals surface area contributed by atoms with Crippen LogP contribution in [0.3, 0.4) is 0 Å². The average Bonchev–Trinajstić information content (AvgIpc) is 2.54. The van der Waals surface area contributed by atoms with Crippen LogP contribution in [0, 0.1) is 6.92 Å². The lowest BCUT2D eigenvalue weighted by atomic mass is 10.1. The van der Waals surface area contributed by atoms with Crippen molar-refractivity contribution in [2.75, 3.05) is 20.1 Å². The van der Waals surface area contributed by atoms with Gasteiger partial charge in [-0.2, -0.15) is 8.78 Å². The molecule has 0 heterocycles. The Morgan fingerprint density at radius 3 is 2.39 bits per heavy atom. The van der Waals surface area contributed by atoms with E-state index in [1.807, 2.05) is 6.92 Å². The number of hydrogen-bond acceptors (Lipinski definition) is 4. The van der Waals surface area contributed by atoms with Crippen molar-refractivity contribution < 1.29 is 23.0 Å². The second-order valence-electron chi connectivity index (χ2n) is 6.77. The highest BCUT2D eigenvalue weighted by Crippen LogP contribution is 2.21. The molecule has 3 N–H and O–H groups in total. The molecule has 0 aliphatic rings. The maximum Gasteiger partial charge on any atom is 0.407 e. The fourth-order valence-corrected chi connectivity index (χ4v) is 2.12. The van der Waals surface area contributed by atoms with Gasteiger partial charge in [0.2, 0.25) is 0 Å². The van der Waals surface area contributed by atoms with Crippen LogP contribution in [0.25, 0.3) is 0 Å². The molecule has 0 aromatic heterocycles. The highest BCUT2D eigenvalue weighted by molar-refractivity contribution is 14.0. The predicted octanol–water partition coefficient (Wildman–Crippen LogP) is 3.40. The second kappa shape index (κ2) is 12.6. The molecule has 1 amide bonds. The summed E-state index contributed by atoms with van der Waals surface area (Å²) in [5.74, 6) is 0.579. The number of alkyl halides is 2. The van der Waals surface area contributed by atoms with E-state index in [1.165, 1.54) is 6.07 Å². The monoisotopic (exact) mass is 514 g/mol. The van der Waals surface area contributed by atoms with Gasteiger partial charge in [0.05, 0.1) is 0 Å². The van der Waals surface area contributed by atoms with E-state index >= 15 is 0 Å². The van der Waals surface area contributed by atoms with Crippen LogP contribution in [0.4, 0.5) is 13.6 Å². The van der Waals surface area contributed by atoms with Crippen LogP contribution in [0.2, 0.25) is 0 Å². The molecule has 160 valence electrons. The summed E-state index contributed by atoms with van der Waals surface area (Å²) < 4.78 is 34.7. The van der Waals surface area contributed by atoms with Crippen molar-refractivity contribution in [2.45, 2.75) is 46.5 Å². The topological polar surface area (TPSA) is 84.0 Å². The number of nitrogens with zero attached hydrogens (tertiary/aromatic N) is 1. The highest BCUT2D eigenvalue weighted by Gasteiger charge is 2.15. The molecule has 0 bridgehead atoms. The zero-order chi connectivity index (χ0) is 20.4. The number of benzene rings is 1. The van der Waals surface area contributed by atoms with E-state index in [0.717, 1.165) is 5.56 Å². The molecule has 0 fully saturated rings. The first-order valence-electron chi connectivity index (χ1n) is 8.56. The van der Waals surface area contributed by atoms with Crippen molar-refractivity contribution >= 4 is 36.0 Å². The molecule has 0 atom stereocenters. The third-order valence-electron chi connectivity index (χ3n) is 3.19. The number of carbonyl (C=O) groups is 1. The van der Waals surface area contributed by atoms with Gasteiger partial charge in [0, 0.05) is 32.2 Å². The van der Waals surface area contributed by atoms with E-state index in [1.54, 1.807) is 40.0 Å². The molecule has 0 saturated heterocycles. The summed E-state index contributed by atoms with van der Waals surface area (Å²) in [5.41, 5.74) is 0.962. The summed E-state index contributed by atoms with van der Waals surface area (Å²) in [4.78, 5) is 15.6. The summed E-state index contributed by atoms with van der Waals surface area (Å²) in [6.07, 6.45) is -0.499. The van der Waals surface area contributed by atoms with Crippen LogP contribution < -0.4 is 20.7 Å². The number of ether oxygens (including phenoxy) is 2. The number of rotatable bonds is 7. The molecule has 0 saturated carbocycles. The molecule has 28 heavy (non-hydrogen) atoms. The Hall–Kier alpha value is -1.85. The zero-order valence-electron chi connectivity index (χ0n) is 16.8. The van der Waals surface area contributed by atoms with Gasteiger partial charge in [-0.05, 0) is 33.8 Å². The van der Waals surface area contributed by atoms with E-state index < -0.39 is 18.3 Å². The van der Waals surface area contributed by atoms with Gasteiger partial charge in [0.1, 0.15) is 11.4 Å². The lowest BCUT2D eigenvalue weighted by Gasteiger charge is -2.20. The predicted molar refractivity (Wildman–Crippen MR) is 116 cm³/mol. The van der Waals surface area contributed by atoms with E-state index in [2.05, 4.69) is 25.7 Å². The van der Waals surface area contributed by atoms with E-state index in [-0.39, 0.29) is 36.3 Å². The van der Waals surface area contributed by atoms with Crippen molar-refractivity contribution in [3.05, 3.63) is 29.3 Å². The third-order valence-corrected chi connectivity index (χ3v) is 3.19. The molecule has 10 heteroatoms. The molecule has 7 nitrogen and oxygen atoms in total. The normalized spacial score (nSPS) is 11.5. The van der Waals surface area contributed by atoms with Crippen molar-refractivity contribution in [2.24, 2.45) is 4.99 Å². The minimum absolute atomic E-state index is 0.